The SMILES string of the molecule is CC1COCCN1c1nc2ccccc2cc1CBr. The minimum absolute atomic E-state index is 0.375. The number of halogens is 1. The Morgan fingerprint density at radius 3 is 3.05 bits per heavy atom. The normalized spacial score (nSPS) is 19.9. The molecule has 1 aliphatic rings. The zero-order chi connectivity index (χ0) is 13.2. The van der Waals surface area contributed by atoms with Crippen LogP contribution in [-0.4, -0.2) is 30.8 Å². The van der Waals surface area contributed by atoms with E-state index in [0.717, 1.165) is 36.4 Å². The number of nitrogens with zero attached hydrogens (tertiary/aromatic N) is 2. The molecule has 0 spiro atoms. The Labute approximate surface area is 121 Å². The average molecular weight is 321 g/mol. The monoisotopic (exact) mass is 320 g/mol. The van der Waals surface area contributed by atoms with Gasteiger partial charge in [-0.15, -0.1) is 0 Å². The molecule has 1 unspecified atom stereocenters. The molecular weight excluding hydrogens is 304 g/mol. The van der Waals surface area contributed by atoms with Crippen LogP contribution < -0.4 is 4.90 Å². The molecule has 19 heavy (non-hydrogen) atoms. The maximum absolute atomic E-state index is 5.51. The van der Waals surface area contributed by atoms with E-state index in [4.69, 9.17) is 9.72 Å². The Hall–Kier alpha value is -1.13. The fourth-order valence-electron chi connectivity index (χ4n) is 2.54. The molecule has 1 aromatic carbocycles. The standard InChI is InChI=1S/C15H17BrN2O/c1-11-10-19-7-6-18(11)15-13(9-16)8-12-4-2-3-5-14(12)17-15/h2-5,8,11H,6-7,9-10H2,1H3. The third-order valence-corrected chi connectivity index (χ3v) is 4.17. The number of aromatic nitrogens is 1. The maximum atomic E-state index is 5.51. The van der Waals surface area contributed by atoms with Gasteiger partial charge in [0.2, 0.25) is 0 Å². The Morgan fingerprint density at radius 1 is 1.42 bits per heavy atom. The summed E-state index contributed by atoms with van der Waals surface area (Å²) >= 11 is 3.58. The molecule has 0 saturated carbocycles. The third-order valence-electron chi connectivity index (χ3n) is 3.56. The van der Waals surface area contributed by atoms with Crippen LogP contribution in [0.5, 0.6) is 0 Å². The fraction of sp³-hybridized carbons (Fsp3) is 0.400. The lowest BCUT2D eigenvalue weighted by Gasteiger charge is -2.35. The lowest BCUT2D eigenvalue weighted by Crippen LogP contribution is -2.44. The number of benzene rings is 1. The average Bonchev–Trinajstić information content (AvgIpc) is 2.46. The molecule has 1 atom stereocenters. The highest BCUT2D eigenvalue weighted by atomic mass is 79.9. The first kappa shape index (κ1) is 12.9. The quantitative estimate of drug-likeness (QED) is 0.793. The van der Waals surface area contributed by atoms with Gasteiger partial charge in [-0.2, -0.15) is 0 Å². The number of morpholine rings is 1. The van der Waals surface area contributed by atoms with Crippen molar-refractivity contribution in [1.82, 2.24) is 4.98 Å². The number of fused-ring (bicyclic) bond motifs is 1. The molecule has 0 radical (unpaired) electrons. The largest absolute Gasteiger partial charge is 0.377 e. The van der Waals surface area contributed by atoms with Crippen LogP contribution >= 0.6 is 15.9 Å². The van der Waals surface area contributed by atoms with E-state index in [-0.39, 0.29) is 0 Å². The zero-order valence-corrected chi connectivity index (χ0v) is 12.6. The second kappa shape index (κ2) is 5.47. The van der Waals surface area contributed by atoms with Crippen LogP contribution in [0, 0.1) is 0 Å². The molecule has 2 heterocycles. The molecule has 0 N–H and O–H groups in total. The predicted molar refractivity (Wildman–Crippen MR) is 82.0 cm³/mol. The van der Waals surface area contributed by atoms with Crippen molar-refractivity contribution < 1.29 is 4.74 Å². The number of para-hydroxylation sites is 1. The van der Waals surface area contributed by atoms with E-state index in [9.17, 15) is 0 Å². The first-order valence-electron chi connectivity index (χ1n) is 6.58. The molecular formula is C15H17BrN2O. The summed E-state index contributed by atoms with van der Waals surface area (Å²) in [6, 6.07) is 10.9. The van der Waals surface area contributed by atoms with Crippen molar-refractivity contribution in [2.75, 3.05) is 24.7 Å². The van der Waals surface area contributed by atoms with Crippen molar-refractivity contribution in [3.05, 3.63) is 35.9 Å². The summed E-state index contributed by atoms with van der Waals surface area (Å²) < 4.78 is 5.51. The summed E-state index contributed by atoms with van der Waals surface area (Å²) in [6.07, 6.45) is 0. The van der Waals surface area contributed by atoms with Crippen LogP contribution in [0.25, 0.3) is 10.9 Å². The Bertz CT molecular complexity index is 587. The van der Waals surface area contributed by atoms with E-state index in [1.165, 1.54) is 10.9 Å². The molecule has 100 valence electrons. The predicted octanol–water partition coefficient (Wildman–Crippen LogP) is 3.35. The summed E-state index contributed by atoms with van der Waals surface area (Å²) in [5, 5.41) is 2.02. The first-order chi connectivity index (χ1) is 9.29. The highest BCUT2D eigenvalue weighted by Crippen LogP contribution is 2.27. The Balaban J connectivity index is 2.10. The van der Waals surface area contributed by atoms with Crippen molar-refractivity contribution in [1.29, 1.82) is 0 Å². The van der Waals surface area contributed by atoms with Crippen molar-refractivity contribution in [3.63, 3.8) is 0 Å². The Kier molecular flexibility index (Phi) is 3.71. The molecule has 0 amide bonds. The number of rotatable bonds is 2. The van der Waals surface area contributed by atoms with Gasteiger partial charge in [-0.1, -0.05) is 34.1 Å². The number of alkyl halides is 1. The van der Waals surface area contributed by atoms with Gasteiger partial charge in [-0.05, 0) is 19.1 Å². The van der Waals surface area contributed by atoms with E-state index in [1.807, 2.05) is 6.07 Å². The van der Waals surface area contributed by atoms with E-state index in [0.29, 0.717) is 6.04 Å². The molecule has 0 aliphatic carbocycles. The van der Waals surface area contributed by atoms with E-state index >= 15 is 0 Å². The lowest BCUT2D eigenvalue weighted by molar-refractivity contribution is 0.0985. The number of pyridine rings is 1. The smallest absolute Gasteiger partial charge is 0.133 e. The molecule has 3 rings (SSSR count). The van der Waals surface area contributed by atoms with Gasteiger partial charge in [0.05, 0.1) is 24.8 Å². The summed E-state index contributed by atoms with van der Waals surface area (Å²) in [4.78, 5) is 7.21. The maximum Gasteiger partial charge on any atom is 0.133 e. The highest BCUT2D eigenvalue weighted by molar-refractivity contribution is 9.08. The van der Waals surface area contributed by atoms with Crippen LogP contribution in [0.15, 0.2) is 30.3 Å². The van der Waals surface area contributed by atoms with Gasteiger partial charge in [0.15, 0.2) is 0 Å². The zero-order valence-electron chi connectivity index (χ0n) is 11.0. The van der Waals surface area contributed by atoms with Gasteiger partial charge in [-0.3, -0.25) is 0 Å². The van der Waals surface area contributed by atoms with Gasteiger partial charge in [0.25, 0.3) is 0 Å². The van der Waals surface area contributed by atoms with Crippen LogP contribution in [0.4, 0.5) is 5.82 Å². The number of anilines is 1. The third kappa shape index (κ3) is 2.47. The minimum Gasteiger partial charge on any atom is -0.377 e. The number of hydrogen-bond acceptors (Lipinski definition) is 3. The summed E-state index contributed by atoms with van der Waals surface area (Å²) in [5.74, 6) is 1.09. The molecule has 1 aromatic heterocycles. The van der Waals surface area contributed by atoms with Crippen molar-refractivity contribution in [2.45, 2.75) is 18.3 Å². The second-order valence-corrected chi connectivity index (χ2v) is 5.48. The number of hydrogen-bond donors (Lipinski definition) is 0. The summed E-state index contributed by atoms with van der Waals surface area (Å²) in [6.45, 7) is 4.65. The molecule has 2 aromatic rings. The van der Waals surface area contributed by atoms with Gasteiger partial charge in [0.1, 0.15) is 5.82 Å². The van der Waals surface area contributed by atoms with E-state index in [2.05, 4.69) is 52.0 Å². The van der Waals surface area contributed by atoms with Gasteiger partial charge < -0.3 is 9.64 Å². The van der Waals surface area contributed by atoms with Gasteiger partial charge in [-0.25, -0.2) is 4.98 Å². The molecule has 1 fully saturated rings. The van der Waals surface area contributed by atoms with Crippen LogP contribution in [-0.2, 0) is 10.1 Å². The summed E-state index contributed by atoms with van der Waals surface area (Å²) in [5.41, 5.74) is 2.30. The lowest BCUT2D eigenvalue weighted by atomic mass is 10.1. The summed E-state index contributed by atoms with van der Waals surface area (Å²) in [7, 11) is 0. The van der Waals surface area contributed by atoms with Crippen LogP contribution in [0.3, 0.4) is 0 Å². The van der Waals surface area contributed by atoms with Crippen molar-refractivity contribution in [3.8, 4) is 0 Å². The highest BCUT2D eigenvalue weighted by Gasteiger charge is 2.22. The van der Waals surface area contributed by atoms with Crippen LogP contribution in [0.1, 0.15) is 12.5 Å². The topological polar surface area (TPSA) is 25.4 Å². The van der Waals surface area contributed by atoms with Gasteiger partial charge in [0, 0.05) is 22.8 Å². The number of ether oxygens (including phenoxy) is 1. The minimum atomic E-state index is 0.375. The van der Waals surface area contributed by atoms with Crippen LogP contribution in [0.2, 0.25) is 0 Å². The molecule has 1 saturated heterocycles. The van der Waals surface area contributed by atoms with Gasteiger partial charge >= 0.3 is 0 Å². The van der Waals surface area contributed by atoms with Crippen molar-refractivity contribution >= 4 is 32.7 Å². The molecule has 3 nitrogen and oxygen atoms in total. The first-order valence-corrected chi connectivity index (χ1v) is 7.71. The van der Waals surface area contributed by atoms with E-state index < -0.39 is 0 Å². The fourth-order valence-corrected chi connectivity index (χ4v) is 2.95. The van der Waals surface area contributed by atoms with E-state index in [1.54, 1.807) is 0 Å². The Morgan fingerprint density at radius 2 is 2.26 bits per heavy atom. The van der Waals surface area contributed by atoms with Crippen molar-refractivity contribution in [2.24, 2.45) is 0 Å². The second-order valence-electron chi connectivity index (χ2n) is 4.91. The molecule has 1 aliphatic heterocycles. The molecule has 4 heteroatoms. The molecule has 0 bridgehead atoms.